The third-order valence-corrected chi connectivity index (χ3v) is 4.62. The Morgan fingerprint density at radius 2 is 1.49 bits per heavy atom. The Balaban J connectivity index is 0.000000856. The number of carboxylic acids is 1. The lowest BCUT2D eigenvalue weighted by Gasteiger charge is -2.13. The fourth-order valence-corrected chi connectivity index (χ4v) is 2.71. The molecule has 1 atom stereocenters. The Labute approximate surface area is 211 Å². The van der Waals surface area contributed by atoms with Crippen molar-refractivity contribution in [2.45, 2.75) is 44.6 Å². The molecule has 2 aromatic carbocycles. The molecule has 0 bridgehead atoms. The van der Waals surface area contributed by atoms with Crippen LogP contribution >= 0.6 is 0 Å². The van der Waals surface area contributed by atoms with E-state index in [4.69, 9.17) is 26.1 Å². The second-order valence-electron chi connectivity index (χ2n) is 7.72. The molecular formula is C24H29F3N4O6. The SMILES string of the molecule is NC(=O)Cc1ccc(CNC(=O)[C@H](N)CCCNC(=O)OCc2ccccc2)cc1.O=C(O)C(F)(F)F. The van der Waals surface area contributed by atoms with Gasteiger partial charge in [-0.05, 0) is 29.5 Å². The van der Waals surface area contributed by atoms with Gasteiger partial charge < -0.3 is 31.9 Å². The number of hydrogen-bond donors (Lipinski definition) is 5. The molecule has 0 saturated heterocycles. The van der Waals surface area contributed by atoms with Crippen LogP contribution in [0.25, 0.3) is 0 Å². The molecule has 2 aromatic rings. The topological polar surface area (TPSA) is 174 Å². The van der Waals surface area contributed by atoms with Crippen molar-refractivity contribution in [3.05, 3.63) is 71.3 Å². The largest absolute Gasteiger partial charge is 0.490 e. The van der Waals surface area contributed by atoms with Gasteiger partial charge in [-0.3, -0.25) is 9.59 Å². The smallest absolute Gasteiger partial charge is 0.475 e. The number of ether oxygens (including phenoxy) is 1. The van der Waals surface area contributed by atoms with E-state index in [-0.39, 0.29) is 24.8 Å². The van der Waals surface area contributed by atoms with Crippen molar-refractivity contribution in [1.82, 2.24) is 10.6 Å². The summed E-state index contributed by atoms with van der Waals surface area (Å²) >= 11 is 0. The van der Waals surface area contributed by atoms with E-state index in [9.17, 15) is 27.6 Å². The van der Waals surface area contributed by atoms with E-state index in [1.54, 1.807) is 12.1 Å². The number of primary amides is 1. The van der Waals surface area contributed by atoms with Crippen molar-refractivity contribution >= 4 is 23.9 Å². The number of alkyl halides is 3. The van der Waals surface area contributed by atoms with Gasteiger partial charge in [0.05, 0.1) is 12.5 Å². The van der Waals surface area contributed by atoms with Crippen LogP contribution < -0.4 is 22.1 Å². The summed E-state index contributed by atoms with van der Waals surface area (Å²) in [5.41, 5.74) is 13.7. The minimum absolute atomic E-state index is 0.186. The molecule has 0 fully saturated rings. The van der Waals surface area contributed by atoms with Crippen molar-refractivity contribution in [3.8, 4) is 0 Å². The molecule has 0 aliphatic carbocycles. The fourth-order valence-electron chi connectivity index (χ4n) is 2.71. The van der Waals surface area contributed by atoms with E-state index in [1.165, 1.54) is 0 Å². The van der Waals surface area contributed by atoms with Crippen LogP contribution in [0.5, 0.6) is 0 Å². The van der Waals surface area contributed by atoms with Gasteiger partial charge in [0, 0.05) is 13.1 Å². The Hall–Kier alpha value is -4.13. The van der Waals surface area contributed by atoms with E-state index in [1.807, 2.05) is 42.5 Å². The highest BCUT2D eigenvalue weighted by Crippen LogP contribution is 2.13. The highest BCUT2D eigenvalue weighted by Gasteiger charge is 2.38. The average molecular weight is 527 g/mol. The molecule has 13 heteroatoms. The minimum atomic E-state index is -5.08. The molecule has 0 saturated carbocycles. The normalized spacial score (nSPS) is 11.4. The molecule has 0 spiro atoms. The summed E-state index contributed by atoms with van der Waals surface area (Å²) < 4.78 is 36.8. The number of benzene rings is 2. The Kier molecular flexibility index (Phi) is 13.2. The van der Waals surface area contributed by atoms with E-state index >= 15 is 0 Å². The Bertz CT molecular complexity index is 1020. The predicted molar refractivity (Wildman–Crippen MR) is 127 cm³/mol. The van der Waals surface area contributed by atoms with Crippen LogP contribution in [0.2, 0.25) is 0 Å². The number of nitrogens with two attached hydrogens (primary N) is 2. The van der Waals surface area contributed by atoms with Gasteiger partial charge in [0.1, 0.15) is 6.61 Å². The summed E-state index contributed by atoms with van der Waals surface area (Å²) in [5, 5.41) is 12.5. The van der Waals surface area contributed by atoms with Gasteiger partial charge in [0.25, 0.3) is 0 Å². The maximum atomic E-state index is 12.1. The summed E-state index contributed by atoms with van der Waals surface area (Å²) in [7, 11) is 0. The van der Waals surface area contributed by atoms with E-state index in [0.29, 0.717) is 25.9 Å². The van der Waals surface area contributed by atoms with Gasteiger partial charge in [-0.15, -0.1) is 0 Å². The predicted octanol–water partition coefficient (Wildman–Crippen LogP) is 2.00. The summed E-state index contributed by atoms with van der Waals surface area (Å²) in [4.78, 5) is 43.6. The average Bonchev–Trinajstić information content (AvgIpc) is 2.84. The standard InChI is InChI=1S/C22H28N4O4.C2HF3O2/c23-19(7-4-12-25-22(29)30-15-18-5-2-1-3-6-18)21(28)26-14-17-10-8-16(9-11-17)13-20(24)27;3-2(4,5)1(6)7/h1-3,5-6,8-11,19H,4,7,12-15,23H2,(H2,24,27)(H,25,29)(H,26,28);(H,6,7)/t19-;/m1./s1. The van der Waals surface area contributed by atoms with Gasteiger partial charge in [-0.25, -0.2) is 9.59 Å². The molecular weight excluding hydrogens is 497 g/mol. The van der Waals surface area contributed by atoms with E-state index in [0.717, 1.165) is 16.7 Å². The molecule has 0 radical (unpaired) electrons. The third kappa shape index (κ3) is 14.1. The number of carbonyl (C=O) groups excluding carboxylic acids is 3. The number of amides is 3. The molecule has 37 heavy (non-hydrogen) atoms. The molecule has 0 aliphatic heterocycles. The lowest BCUT2D eigenvalue weighted by Crippen LogP contribution is -2.40. The quantitative estimate of drug-likeness (QED) is 0.278. The number of hydrogen-bond acceptors (Lipinski definition) is 6. The Morgan fingerprint density at radius 1 is 0.919 bits per heavy atom. The number of rotatable bonds is 11. The molecule has 7 N–H and O–H groups in total. The first-order valence-electron chi connectivity index (χ1n) is 11.0. The lowest BCUT2D eigenvalue weighted by atomic mass is 10.1. The molecule has 10 nitrogen and oxygen atoms in total. The van der Waals surface area contributed by atoms with Crippen molar-refractivity contribution < 1.29 is 42.2 Å². The second kappa shape index (κ2) is 15.8. The number of aliphatic carboxylic acids is 1. The van der Waals surface area contributed by atoms with E-state index < -0.39 is 24.3 Å². The highest BCUT2D eigenvalue weighted by atomic mass is 19.4. The molecule has 0 heterocycles. The first-order valence-corrected chi connectivity index (χ1v) is 11.0. The van der Waals surface area contributed by atoms with Gasteiger partial charge in [0.15, 0.2) is 0 Å². The molecule has 202 valence electrons. The van der Waals surface area contributed by atoms with Crippen LogP contribution in [0, 0.1) is 0 Å². The molecule has 0 aliphatic rings. The van der Waals surface area contributed by atoms with Crippen molar-refractivity contribution in [2.24, 2.45) is 11.5 Å². The van der Waals surface area contributed by atoms with Crippen molar-refractivity contribution in [2.75, 3.05) is 6.54 Å². The van der Waals surface area contributed by atoms with Gasteiger partial charge in [-0.2, -0.15) is 13.2 Å². The lowest BCUT2D eigenvalue weighted by molar-refractivity contribution is -0.192. The summed E-state index contributed by atoms with van der Waals surface area (Å²) in [6.45, 7) is 0.918. The first-order chi connectivity index (χ1) is 17.4. The zero-order valence-electron chi connectivity index (χ0n) is 19.8. The number of halogens is 3. The molecule has 0 unspecified atom stereocenters. The Morgan fingerprint density at radius 3 is 2.03 bits per heavy atom. The second-order valence-corrected chi connectivity index (χ2v) is 7.72. The molecule has 2 rings (SSSR count). The zero-order valence-corrected chi connectivity index (χ0v) is 19.8. The maximum absolute atomic E-state index is 12.1. The summed E-state index contributed by atoms with van der Waals surface area (Å²) in [6.07, 6.45) is -4.42. The number of alkyl carbamates (subject to hydrolysis) is 1. The maximum Gasteiger partial charge on any atom is 0.490 e. The molecule has 0 aromatic heterocycles. The monoisotopic (exact) mass is 526 g/mol. The van der Waals surface area contributed by atoms with Crippen LogP contribution in [0.1, 0.15) is 29.5 Å². The summed E-state index contributed by atoms with van der Waals surface area (Å²) in [5.74, 6) is -3.41. The van der Waals surface area contributed by atoms with Gasteiger partial charge >= 0.3 is 18.2 Å². The fraction of sp³-hybridized carbons (Fsp3) is 0.333. The third-order valence-electron chi connectivity index (χ3n) is 4.62. The number of nitrogens with one attached hydrogen (secondary N) is 2. The minimum Gasteiger partial charge on any atom is -0.475 e. The van der Waals surface area contributed by atoms with E-state index in [2.05, 4.69) is 10.6 Å². The van der Waals surface area contributed by atoms with Gasteiger partial charge in [0.2, 0.25) is 11.8 Å². The van der Waals surface area contributed by atoms with Crippen molar-refractivity contribution in [3.63, 3.8) is 0 Å². The zero-order chi connectivity index (χ0) is 27.8. The van der Waals surface area contributed by atoms with Crippen LogP contribution in [-0.2, 0) is 38.7 Å². The number of carbonyl (C=O) groups is 4. The van der Waals surface area contributed by atoms with Crippen LogP contribution in [-0.4, -0.2) is 47.7 Å². The van der Waals surface area contributed by atoms with Crippen LogP contribution in [0.15, 0.2) is 54.6 Å². The summed E-state index contributed by atoms with van der Waals surface area (Å²) in [6, 6.07) is 16.0. The first kappa shape index (κ1) is 30.9. The van der Waals surface area contributed by atoms with Crippen molar-refractivity contribution in [1.29, 1.82) is 0 Å². The highest BCUT2D eigenvalue weighted by molar-refractivity contribution is 5.81. The molecule has 3 amide bonds. The van der Waals surface area contributed by atoms with Crippen LogP contribution in [0.4, 0.5) is 18.0 Å². The van der Waals surface area contributed by atoms with Crippen LogP contribution in [0.3, 0.4) is 0 Å². The number of carboxylic acid groups (broad SMARTS) is 1. The van der Waals surface area contributed by atoms with Gasteiger partial charge in [-0.1, -0.05) is 54.6 Å².